The van der Waals surface area contributed by atoms with Gasteiger partial charge in [0.1, 0.15) is 0 Å². The van der Waals surface area contributed by atoms with Crippen LogP contribution >= 0.6 is 0 Å². The van der Waals surface area contributed by atoms with Crippen LogP contribution in [0.2, 0.25) is 0 Å². The van der Waals surface area contributed by atoms with E-state index in [0.29, 0.717) is 6.54 Å². The van der Waals surface area contributed by atoms with Crippen molar-refractivity contribution >= 4 is 0 Å². The van der Waals surface area contributed by atoms with Crippen LogP contribution in [0.5, 0.6) is 0 Å². The smallest absolute Gasteiger partial charge is 0.0916 e. The van der Waals surface area contributed by atoms with E-state index < -0.39 is 6.10 Å². The number of likely N-dealkylation sites (N-methyl/N-ethyl adjacent to an activating group) is 1. The standard InChI is InChI=1S/C13H22N2O/c1-14(2)9-11-5-7-12(8-6-11)13(16)10-15(3)4/h5-8,13,16H,9-10H2,1-4H3. The lowest BCUT2D eigenvalue weighted by Crippen LogP contribution is -2.20. The van der Waals surface area contributed by atoms with Crippen LogP contribution in [-0.2, 0) is 6.54 Å². The molecule has 0 amide bonds. The summed E-state index contributed by atoms with van der Waals surface area (Å²) in [7, 11) is 8.02. The molecular weight excluding hydrogens is 200 g/mol. The molecule has 0 aliphatic rings. The molecule has 0 heterocycles. The molecule has 0 spiro atoms. The first-order chi connectivity index (χ1) is 7.49. The molecule has 0 radical (unpaired) electrons. The van der Waals surface area contributed by atoms with Gasteiger partial charge in [-0.2, -0.15) is 0 Å². The average molecular weight is 222 g/mol. The fraction of sp³-hybridized carbons (Fsp3) is 0.538. The highest BCUT2D eigenvalue weighted by atomic mass is 16.3. The summed E-state index contributed by atoms with van der Waals surface area (Å²) in [6.45, 7) is 1.59. The van der Waals surface area contributed by atoms with Gasteiger partial charge in [0, 0.05) is 13.1 Å². The van der Waals surface area contributed by atoms with Gasteiger partial charge in [-0.15, -0.1) is 0 Å². The van der Waals surface area contributed by atoms with Crippen molar-refractivity contribution in [3.63, 3.8) is 0 Å². The first-order valence-electron chi connectivity index (χ1n) is 5.55. The molecule has 3 nitrogen and oxygen atoms in total. The molecule has 16 heavy (non-hydrogen) atoms. The van der Waals surface area contributed by atoms with E-state index in [1.54, 1.807) is 0 Å². The third-order valence-corrected chi connectivity index (χ3v) is 2.40. The van der Waals surface area contributed by atoms with E-state index in [4.69, 9.17) is 0 Å². The Bertz CT molecular complexity index is 306. The third-order valence-electron chi connectivity index (χ3n) is 2.40. The number of rotatable bonds is 5. The van der Waals surface area contributed by atoms with E-state index in [-0.39, 0.29) is 0 Å². The zero-order valence-corrected chi connectivity index (χ0v) is 10.6. The first kappa shape index (κ1) is 13.2. The molecule has 90 valence electrons. The van der Waals surface area contributed by atoms with Gasteiger partial charge in [-0.1, -0.05) is 24.3 Å². The molecule has 0 aliphatic heterocycles. The first-order valence-corrected chi connectivity index (χ1v) is 5.55. The Morgan fingerprint density at radius 3 is 2.00 bits per heavy atom. The molecule has 1 N–H and O–H groups in total. The second kappa shape index (κ2) is 5.99. The van der Waals surface area contributed by atoms with Crippen LogP contribution in [0.1, 0.15) is 17.2 Å². The van der Waals surface area contributed by atoms with Crippen LogP contribution in [0.4, 0.5) is 0 Å². The molecule has 0 bridgehead atoms. The minimum atomic E-state index is -0.400. The van der Waals surface area contributed by atoms with Gasteiger partial charge in [0.2, 0.25) is 0 Å². The zero-order chi connectivity index (χ0) is 12.1. The maximum Gasteiger partial charge on any atom is 0.0916 e. The van der Waals surface area contributed by atoms with Crippen molar-refractivity contribution in [1.29, 1.82) is 0 Å². The molecule has 1 atom stereocenters. The molecule has 1 rings (SSSR count). The highest BCUT2D eigenvalue weighted by molar-refractivity contribution is 5.24. The summed E-state index contributed by atoms with van der Waals surface area (Å²) in [5, 5.41) is 9.91. The topological polar surface area (TPSA) is 26.7 Å². The van der Waals surface area contributed by atoms with Gasteiger partial charge < -0.3 is 14.9 Å². The van der Waals surface area contributed by atoms with Gasteiger partial charge in [0.15, 0.2) is 0 Å². The number of nitrogens with zero attached hydrogens (tertiary/aromatic N) is 2. The van der Waals surface area contributed by atoms with Crippen LogP contribution in [0.3, 0.4) is 0 Å². The Morgan fingerprint density at radius 2 is 1.56 bits per heavy atom. The van der Waals surface area contributed by atoms with Gasteiger partial charge >= 0.3 is 0 Å². The minimum Gasteiger partial charge on any atom is -0.387 e. The highest BCUT2D eigenvalue weighted by Crippen LogP contribution is 2.14. The molecule has 1 aromatic rings. The third kappa shape index (κ3) is 4.31. The van der Waals surface area contributed by atoms with Crippen LogP contribution in [-0.4, -0.2) is 49.6 Å². The summed E-state index contributed by atoms with van der Waals surface area (Å²) in [5.41, 5.74) is 2.25. The van der Waals surface area contributed by atoms with E-state index in [0.717, 1.165) is 12.1 Å². The Labute approximate surface area is 98.3 Å². The van der Waals surface area contributed by atoms with Crippen molar-refractivity contribution in [2.75, 3.05) is 34.7 Å². The van der Waals surface area contributed by atoms with E-state index in [1.807, 2.05) is 31.1 Å². The molecule has 0 aromatic heterocycles. The summed E-state index contributed by atoms with van der Waals surface area (Å²) < 4.78 is 0. The highest BCUT2D eigenvalue weighted by Gasteiger charge is 2.08. The van der Waals surface area contributed by atoms with Crippen molar-refractivity contribution in [3.05, 3.63) is 35.4 Å². The molecule has 0 saturated heterocycles. The maximum atomic E-state index is 9.91. The summed E-state index contributed by atoms with van der Waals surface area (Å²) in [6.07, 6.45) is -0.400. The van der Waals surface area contributed by atoms with Crippen LogP contribution < -0.4 is 0 Å². The monoisotopic (exact) mass is 222 g/mol. The summed E-state index contributed by atoms with van der Waals surface area (Å²) in [5.74, 6) is 0. The lowest BCUT2D eigenvalue weighted by Gasteiger charge is -2.17. The Kier molecular flexibility index (Phi) is 4.93. The SMILES string of the molecule is CN(C)Cc1ccc(C(O)CN(C)C)cc1. The molecule has 0 fully saturated rings. The molecule has 1 unspecified atom stereocenters. The zero-order valence-electron chi connectivity index (χ0n) is 10.6. The number of hydrogen-bond acceptors (Lipinski definition) is 3. The van der Waals surface area contributed by atoms with Crippen molar-refractivity contribution < 1.29 is 5.11 Å². The summed E-state index contributed by atoms with van der Waals surface area (Å²) >= 11 is 0. The van der Waals surface area contributed by atoms with Gasteiger partial charge in [-0.25, -0.2) is 0 Å². The Hall–Kier alpha value is -0.900. The van der Waals surface area contributed by atoms with E-state index in [2.05, 4.69) is 31.1 Å². The number of hydrogen-bond donors (Lipinski definition) is 1. The van der Waals surface area contributed by atoms with Crippen LogP contribution in [0, 0.1) is 0 Å². The lowest BCUT2D eigenvalue weighted by atomic mass is 10.1. The summed E-state index contributed by atoms with van der Waals surface area (Å²) in [4.78, 5) is 4.11. The average Bonchev–Trinajstić information content (AvgIpc) is 2.16. The van der Waals surface area contributed by atoms with Gasteiger partial charge in [0.05, 0.1) is 6.10 Å². The number of aliphatic hydroxyl groups is 1. The second-order valence-corrected chi connectivity index (χ2v) is 4.76. The quantitative estimate of drug-likeness (QED) is 0.814. The van der Waals surface area contributed by atoms with Crippen molar-refractivity contribution in [1.82, 2.24) is 9.80 Å². The second-order valence-electron chi connectivity index (χ2n) is 4.76. The van der Waals surface area contributed by atoms with Crippen molar-refractivity contribution in [2.24, 2.45) is 0 Å². The predicted molar refractivity (Wildman–Crippen MR) is 67.3 cm³/mol. The van der Waals surface area contributed by atoms with Crippen molar-refractivity contribution in [2.45, 2.75) is 12.6 Å². The molecule has 0 aliphatic carbocycles. The van der Waals surface area contributed by atoms with E-state index in [1.165, 1.54) is 5.56 Å². The number of benzene rings is 1. The normalized spacial score (nSPS) is 13.4. The molecule has 3 heteroatoms. The fourth-order valence-electron chi connectivity index (χ4n) is 1.66. The van der Waals surface area contributed by atoms with Crippen LogP contribution in [0.25, 0.3) is 0 Å². The Balaban J connectivity index is 2.63. The van der Waals surface area contributed by atoms with Gasteiger partial charge in [-0.3, -0.25) is 0 Å². The summed E-state index contributed by atoms with van der Waals surface area (Å²) in [6, 6.07) is 8.17. The van der Waals surface area contributed by atoms with E-state index >= 15 is 0 Å². The number of aliphatic hydroxyl groups excluding tert-OH is 1. The lowest BCUT2D eigenvalue weighted by molar-refractivity contribution is 0.138. The largest absolute Gasteiger partial charge is 0.387 e. The molecule has 1 aromatic carbocycles. The Morgan fingerprint density at radius 1 is 1.00 bits per heavy atom. The molecule has 0 saturated carbocycles. The maximum absolute atomic E-state index is 9.91. The van der Waals surface area contributed by atoms with Crippen molar-refractivity contribution in [3.8, 4) is 0 Å². The predicted octanol–water partition coefficient (Wildman–Crippen LogP) is 1.34. The minimum absolute atomic E-state index is 0.400. The molecular formula is C13H22N2O. The van der Waals surface area contributed by atoms with Crippen LogP contribution in [0.15, 0.2) is 24.3 Å². The van der Waals surface area contributed by atoms with E-state index in [9.17, 15) is 5.11 Å². The fourth-order valence-corrected chi connectivity index (χ4v) is 1.66. The van der Waals surface area contributed by atoms with Gasteiger partial charge in [0.25, 0.3) is 0 Å². The van der Waals surface area contributed by atoms with Gasteiger partial charge in [-0.05, 0) is 39.3 Å².